The highest BCUT2D eigenvalue weighted by atomic mass is 79.9. The van der Waals surface area contributed by atoms with Crippen LogP contribution in [-0.2, 0) is 6.61 Å². The Bertz CT molecular complexity index is 1580. The summed E-state index contributed by atoms with van der Waals surface area (Å²) in [7, 11) is 1.57. The van der Waals surface area contributed by atoms with E-state index < -0.39 is 0 Å². The molecule has 37 heavy (non-hydrogen) atoms. The molecule has 0 amide bonds. The molecule has 190 valence electrons. The molecule has 1 aliphatic heterocycles. The SMILES string of the molecule is COc1cc(Br)cc(C=Nn2c(C(C)C)nc3ccc(Br)cc3c2=O)c1OCc1ccc2c(c1)OCO2. The van der Waals surface area contributed by atoms with Crippen molar-refractivity contribution in [2.45, 2.75) is 26.4 Å². The second kappa shape index (κ2) is 10.5. The van der Waals surface area contributed by atoms with E-state index in [1.54, 1.807) is 19.4 Å². The topological polar surface area (TPSA) is 84.2 Å². The predicted molar refractivity (Wildman–Crippen MR) is 148 cm³/mol. The van der Waals surface area contributed by atoms with E-state index >= 15 is 0 Å². The average Bonchev–Trinajstić information content (AvgIpc) is 3.35. The van der Waals surface area contributed by atoms with Crippen molar-refractivity contribution in [3.05, 3.63) is 84.8 Å². The molecule has 2 heterocycles. The van der Waals surface area contributed by atoms with Gasteiger partial charge < -0.3 is 18.9 Å². The van der Waals surface area contributed by atoms with Gasteiger partial charge in [0.25, 0.3) is 5.56 Å². The lowest BCUT2D eigenvalue weighted by Crippen LogP contribution is -2.23. The maximum Gasteiger partial charge on any atom is 0.282 e. The molecular formula is C27H23Br2N3O5. The number of hydrogen-bond acceptors (Lipinski definition) is 7. The van der Waals surface area contributed by atoms with Crippen molar-refractivity contribution in [3.8, 4) is 23.0 Å². The van der Waals surface area contributed by atoms with Crippen molar-refractivity contribution in [2.75, 3.05) is 13.9 Å². The third kappa shape index (κ3) is 5.21. The molecule has 0 saturated carbocycles. The van der Waals surface area contributed by atoms with Crippen LogP contribution in [0.4, 0.5) is 0 Å². The third-order valence-electron chi connectivity index (χ3n) is 5.75. The van der Waals surface area contributed by atoms with Crippen LogP contribution in [-0.4, -0.2) is 29.8 Å². The molecule has 0 N–H and O–H groups in total. The van der Waals surface area contributed by atoms with E-state index in [4.69, 9.17) is 23.9 Å². The van der Waals surface area contributed by atoms with Crippen molar-refractivity contribution in [3.63, 3.8) is 0 Å². The Hall–Kier alpha value is -3.37. The second-order valence-corrected chi connectivity index (χ2v) is 10.5. The van der Waals surface area contributed by atoms with Gasteiger partial charge in [-0.15, -0.1) is 0 Å². The summed E-state index contributed by atoms with van der Waals surface area (Å²) in [6, 6.07) is 14.8. The number of fused-ring (bicyclic) bond motifs is 2. The number of rotatable bonds is 7. The highest BCUT2D eigenvalue weighted by molar-refractivity contribution is 9.10. The molecule has 0 fully saturated rings. The lowest BCUT2D eigenvalue weighted by Gasteiger charge is -2.15. The van der Waals surface area contributed by atoms with E-state index in [2.05, 4.69) is 37.0 Å². The van der Waals surface area contributed by atoms with Gasteiger partial charge in [0.05, 0.1) is 24.2 Å². The molecule has 4 aromatic rings. The Morgan fingerprint density at radius 2 is 1.89 bits per heavy atom. The molecule has 1 aromatic heterocycles. The van der Waals surface area contributed by atoms with E-state index in [1.165, 1.54) is 4.68 Å². The smallest absolute Gasteiger partial charge is 0.282 e. The van der Waals surface area contributed by atoms with Crippen molar-refractivity contribution >= 4 is 49.0 Å². The van der Waals surface area contributed by atoms with Crippen LogP contribution in [0.3, 0.4) is 0 Å². The average molecular weight is 629 g/mol. The molecule has 0 radical (unpaired) electrons. The van der Waals surface area contributed by atoms with Crippen molar-refractivity contribution in [1.29, 1.82) is 0 Å². The standard InChI is InChI=1S/C27H23Br2N3O5/c1-15(2)26-31-21-6-5-18(28)10-20(21)27(33)32(26)30-12-17-9-19(29)11-24(34-3)25(17)35-13-16-4-7-22-23(8-16)37-14-36-22/h4-12,15H,13-14H2,1-3H3. The summed E-state index contributed by atoms with van der Waals surface area (Å²) >= 11 is 6.96. The molecule has 5 rings (SSSR count). The number of benzene rings is 3. The van der Waals surface area contributed by atoms with E-state index in [0.29, 0.717) is 45.3 Å². The number of aromatic nitrogens is 2. The first-order valence-corrected chi connectivity index (χ1v) is 13.1. The summed E-state index contributed by atoms with van der Waals surface area (Å²) in [6.45, 7) is 4.42. The minimum atomic E-state index is -0.254. The van der Waals surface area contributed by atoms with Gasteiger partial charge in [-0.3, -0.25) is 4.79 Å². The summed E-state index contributed by atoms with van der Waals surface area (Å²) in [5.74, 6) is 2.93. The van der Waals surface area contributed by atoms with Crippen molar-refractivity contribution in [1.82, 2.24) is 9.66 Å². The number of hydrogen-bond donors (Lipinski definition) is 0. The predicted octanol–water partition coefficient (Wildman–Crippen LogP) is 6.24. The number of methoxy groups -OCH3 is 1. The highest BCUT2D eigenvalue weighted by Crippen LogP contribution is 2.36. The van der Waals surface area contributed by atoms with Gasteiger partial charge in [-0.2, -0.15) is 9.78 Å². The van der Waals surface area contributed by atoms with Crippen LogP contribution in [0.5, 0.6) is 23.0 Å². The van der Waals surface area contributed by atoms with E-state index in [-0.39, 0.29) is 24.9 Å². The monoisotopic (exact) mass is 627 g/mol. The van der Waals surface area contributed by atoms with Crippen LogP contribution >= 0.6 is 31.9 Å². The normalized spacial score (nSPS) is 12.6. The Balaban J connectivity index is 1.54. The Morgan fingerprint density at radius 3 is 2.68 bits per heavy atom. The summed E-state index contributed by atoms with van der Waals surface area (Å²) < 4.78 is 25.6. The second-order valence-electron chi connectivity index (χ2n) is 8.65. The van der Waals surface area contributed by atoms with Crippen LogP contribution in [0.25, 0.3) is 10.9 Å². The minimum Gasteiger partial charge on any atom is -0.493 e. The zero-order valence-electron chi connectivity index (χ0n) is 20.3. The van der Waals surface area contributed by atoms with E-state index in [9.17, 15) is 4.79 Å². The highest BCUT2D eigenvalue weighted by Gasteiger charge is 2.17. The van der Waals surface area contributed by atoms with Gasteiger partial charge in [-0.05, 0) is 48.0 Å². The fourth-order valence-corrected chi connectivity index (χ4v) is 4.76. The van der Waals surface area contributed by atoms with E-state index in [0.717, 1.165) is 14.5 Å². The van der Waals surface area contributed by atoms with Gasteiger partial charge in [0, 0.05) is 20.4 Å². The summed E-state index contributed by atoms with van der Waals surface area (Å²) in [5.41, 5.74) is 1.90. The van der Waals surface area contributed by atoms with Gasteiger partial charge in [-0.25, -0.2) is 4.98 Å². The summed E-state index contributed by atoms with van der Waals surface area (Å²) in [5, 5.41) is 5.04. The van der Waals surface area contributed by atoms with Gasteiger partial charge >= 0.3 is 0 Å². The first-order chi connectivity index (χ1) is 17.8. The minimum absolute atomic E-state index is 0.0309. The van der Waals surface area contributed by atoms with Crippen LogP contribution in [0.1, 0.15) is 36.7 Å². The van der Waals surface area contributed by atoms with Crippen molar-refractivity contribution < 1.29 is 18.9 Å². The molecule has 0 aliphatic carbocycles. The number of nitrogens with zero attached hydrogens (tertiary/aromatic N) is 3. The molecular weight excluding hydrogens is 606 g/mol. The Morgan fingerprint density at radius 1 is 1.08 bits per heavy atom. The molecule has 8 nitrogen and oxygen atoms in total. The first-order valence-electron chi connectivity index (χ1n) is 11.5. The molecule has 0 atom stereocenters. The molecule has 0 saturated heterocycles. The van der Waals surface area contributed by atoms with Gasteiger partial charge in [0.1, 0.15) is 12.4 Å². The van der Waals surface area contributed by atoms with Gasteiger partial charge in [0.15, 0.2) is 23.0 Å². The quantitative estimate of drug-likeness (QED) is 0.225. The molecule has 10 heteroatoms. The Labute approximate surface area is 230 Å². The van der Waals surface area contributed by atoms with Crippen LogP contribution < -0.4 is 24.5 Å². The lowest BCUT2D eigenvalue weighted by atomic mass is 10.2. The third-order valence-corrected chi connectivity index (χ3v) is 6.70. The number of ether oxygens (including phenoxy) is 4. The Kier molecular flexibility index (Phi) is 7.21. The fraction of sp³-hybridized carbons (Fsp3) is 0.222. The zero-order chi connectivity index (χ0) is 26.1. The molecule has 0 unspecified atom stereocenters. The number of halogens is 2. The summed E-state index contributed by atoms with van der Waals surface area (Å²) in [4.78, 5) is 18.1. The zero-order valence-corrected chi connectivity index (χ0v) is 23.5. The molecule has 1 aliphatic rings. The van der Waals surface area contributed by atoms with Gasteiger partial charge in [-0.1, -0.05) is 51.8 Å². The molecule has 0 spiro atoms. The van der Waals surface area contributed by atoms with Crippen LogP contribution in [0.15, 0.2) is 67.4 Å². The van der Waals surface area contributed by atoms with E-state index in [1.807, 2.05) is 56.3 Å². The largest absolute Gasteiger partial charge is 0.493 e. The molecule has 3 aromatic carbocycles. The van der Waals surface area contributed by atoms with Crippen molar-refractivity contribution in [2.24, 2.45) is 5.10 Å². The molecule has 0 bridgehead atoms. The van der Waals surface area contributed by atoms with Crippen LogP contribution in [0, 0.1) is 0 Å². The lowest BCUT2D eigenvalue weighted by molar-refractivity contribution is 0.174. The van der Waals surface area contributed by atoms with Gasteiger partial charge in [0.2, 0.25) is 6.79 Å². The maximum absolute atomic E-state index is 13.4. The summed E-state index contributed by atoms with van der Waals surface area (Å²) in [6.07, 6.45) is 1.58. The van der Waals surface area contributed by atoms with Crippen LogP contribution in [0.2, 0.25) is 0 Å². The fourth-order valence-electron chi connectivity index (χ4n) is 3.95. The first kappa shape index (κ1) is 25.3. The maximum atomic E-state index is 13.4.